The Morgan fingerprint density at radius 3 is 2.47 bits per heavy atom. The highest BCUT2D eigenvalue weighted by atomic mass is 15.2. The van der Waals surface area contributed by atoms with E-state index in [9.17, 15) is 0 Å². The molecule has 1 aromatic rings. The molecule has 0 amide bonds. The molecule has 2 nitrogen and oxygen atoms in total. The van der Waals surface area contributed by atoms with Crippen molar-refractivity contribution in [2.45, 2.75) is 58.0 Å². The van der Waals surface area contributed by atoms with Crippen molar-refractivity contribution in [3.8, 4) is 6.07 Å². The van der Waals surface area contributed by atoms with Crippen molar-refractivity contribution in [1.29, 1.82) is 5.26 Å². The van der Waals surface area contributed by atoms with E-state index in [2.05, 4.69) is 49.1 Å². The van der Waals surface area contributed by atoms with Gasteiger partial charge in [-0.05, 0) is 42.9 Å². The van der Waals surface area contributed by atoms with Gasteiger partial charge in [0.15, 0.2) is 0 Å². The predicted octanol–water partition coefficient (Wildman–Crippen LogP) is 4.08. The first-order valence-corrected chi connectivity index (χ1v) is 7.40. The zero-order valence-electron chi connectivity index (χ0n) is 12.1. The summed E-state index contributed by atoms with van der Waals surface area (Å²) in [6.45, 7) is 6.55. The summed E-state index contributed by atoms with van der Waals surface area (Å²) in [4.78, 5) is 2.54. The highest BCUT2D eigenvalue weighted by Gasteiger charge is 2.28. The first-order valence-electron chi connectivity index (χ1n) is 7.40. The van der Waals surface area contributed by atoms with Gasteiger partial charge in [0.2, 0.25) is 0 Å². The van der Waals surface area contributed by atoms with E-state index in [1.807, 2.05) is 0 Å². The van der Waals surface area contributed by atoms with Crippen LogP contribution in [0.2, 0.25) is 0 Å². The Bertz CT molecular complexity index is 424. The summed E-state index contributed by atoms with van der Waals surface area (Å²) in [7, 11) is 0. The van der Waals surface area contributed by atoms with E-state index in [0.29, 0.717) is 12.3 Å². The number of nitrogens with zero attached hydrogens (tertiary/aromatic N) is 2. The molecule has 1 aliphatic carbocycles. The Kier molecular flexibility index (Phi) is 4.99. The van der Waals surface area contributed by atoms with Crippen LogP contribution in [0.1, 0.15) is 56.6 Å². The van der Waals surface area contributed by atoms with E-state index in [1.165, 1.54) is 24.0 Å². The molecule has 19 heavy (non-hydrogen) atoms. The molecule has 102 valence electrons. The number of rotatable bonds is 7. The van der Waals surface area contributed by atoms with E-state index >= 15 is 0 Å². The molecule has 0 atom stereocenters. The predicted molar refractivity (Wildman–Crippen MR) is 78.8 cm³/mol. The fourth-order valence-corrected chi connectivity index (χ4v) is 2.43. The highest BCUT2D eigenvalue weighted by Crippen LogP contribution is 2.28. The van der Waals surface area contributed by atoms with Crippen molar-refractivity contribution in [2.24, 2.45) is 0 Å². The molecule has 0 saturated heterocycles. The molecule has 0 radical (unpaired) electrons. The maximum atomic E-state index is 8.64. The van der Waals surface area contributed by atoms with Gasteiger partial charge in [-0.3, -0.25) is 4.90 Å². The van der Waals surface area contributed by atoms with Gasteiger partial charge in [0.25, 0.3) is 0 Å². The van der Waals surface area contributed by atoms with E-state index in [0.717, 1.165) is 25.6 Å². The van der Waals surface area contributed by atoms with Crippen molar-refractivity contribution in [1.82, 2.24) is 4.90 Å². The summed E-state index contributed by atoms with van der Waals surface area (Å²) in [5, 5.41) is 8.64. The number of benzene rings is 1. The summed E-state index contributed by atoms with van der Waals surface area (Å²) in [5.41, 5.74) is 2.81. The van der Waals surface area contributed by atoms with Gasteiger partial charge in [0.05, 0.1) is 6.07 Å². The van der Waals surface area contributed by atoms with Gasteiger partial charge >= 0.3 is 0 Å². The van der Waals surface area contributed by atoms with Crippen LogP contribution in [-0.4, -0.2) is 17.5 Å². The first-order chi connectivity index (χ1) is 9.20. The maximum absolute atomic E-state index is 8.64. The standard InChI is InChI=1S/C17H24N2/c1-14(2)16-7-5-15(6-8-16)13-19(17-9-10-17)12-4-3-11-18/h5-8,14,17H,3-4,9-10,12-13H2,1-2H3. The van der Waals surface area contributed by atoms with Gasteiger partial charge in [-0.1, -0.05) is 38.1 Å². The van der Waals surface area contributed by atoms with Crippen LogP contribution in [-0.2, 0) is 6.54 Å². The molecule has 1 fully saturated rings. The molecule has 0 spiro atoms. The Balaban J connectivity index is 1.91. The fourth-order valence-electron chi connectivity index (χ4n) is 2.43. The monoisotopic (exact) mass is 256 g/mol. The molecular weight excluding hydrogens is 232 g/mol. The second kappa shape index (κ2) is 6.73. The summed E-state index contributed by atoms with van der Waals surface area (Å²) in [5.74, 6) is 0.601. The van der Waals surface area contributed by atoms with E-state index in [-0.39, 0.29) is 0 Å². The first kappa shape index (κ1) is 14.1. The lowest BCUT2D eigenvalue weighted by Gasteiger charge is -2.21. The quantitative estimate of drug-likeness (QED) is 0.687. The van der Waals surface area contributed by atoms with Gasteiger partial charge in [0.1, 0.15) is 0 Å². The largest absolute Gasteiger partial charge is 0.296 e. The molecular formula is C17H24N2. The van der Waals surface area contributed by atoms with Gasteiger partial charge < -0.3 is 0 Å². The number of unbranched alkanes of at least 4 members (excludes halogenated alkanes) is 1. The minimum atomic E-state index is 0.601. The Hall–Kier alpha value is -1.33. The van der Waals surface area contributed by atoms with Crippen LogP contribution in [0.3, 0.4) is 0 Å². The van der Waals surface area contributed by atoms with Gasteiger partial charge in [0, 0.05) is 19.0 Å². The number of hydrogen-bond donors (Lipinski definition) is 0. The summed E-state index contributed by atoms with van der Waals surface area (Å²) in [6.07, 6.45) is 4.33. The molecule has 0 heterocycles. The number of hydrogen-bond acceptors (Lipinski definition) is 2. The average Bonchev–Trinajstić information content (AvgIpc) is 3.23. The average molecular weight is 256 g/mol. The van der Waals surface area contributed by atoms with Crippen molar-refractivity contribution in [3.05, 3.63) is 35.4 Å². The van der Waals surface area contributed by atoms with Gasteiger partial charge in [-0.15, -0.1) is 0 Å². The fraction of sp³-hybridized carbons (Fsp3) is 0.588. The third kappa shape index (κ3) is 4.36. The molecule has 0 aromatic heterocycles. The second-order valence-electron chi connectivity index (χ2n) is 5.86. The van der Waals surface area contributed by atoms with Crippen LogP contribution in [0.15, 0.2) is 24.3 Å². The zero-order valence-corrected chi connectivity index (χ0v) is 12.1. The lowest BCUT2D eigenvalue weighted by molar-refractivity contribution is 0.252. The second-order valence-corrected chi connectivity index (χ2v) is 5.86. The summed E-state index contributed by atoms with van der Waals surface area (Å²) < 4.78 is 0. The SMILES string of the molecule is CC(C)c1ccc(CN(CCCC#N)C2CC2)cc1. The van der Waals surface area contributed by atoms with E-state index in [4.69, 9.17) is 5.26 Å². The summed E-state index contributed by atoms with van der Waals surface area (Å²) in [6, 6.07) is 12.0. The Morgan fingerprint density at radius 2 is 1.95 bits per heavy atom. The van der Waals surface area contributed by atoms with Crippen molar-refractivity contribution < 1.29 is 0 Å². The normalized spacial score (nSPS) is 14.9. The highest BCUT2D eigenvalue weighted by molar-refractivity contribution is 5.24. The molecule has 0 aliphatic heterocycles. The smallest absolute Gasteiger partial charge is 0.0622 e. The molecule has 1 aliphatic rings. The Labute approximate surface area is 117 Å². The van der Waals surface area contributed by atoms with Crippen molar-refractivity contribution in [2.75, 3.05) is 6.54 Å². The minimum Gasteiger partial charge on any atom is -0.296 e. The molecule has 1 saturated carbocycles. The molecule has 0 bridgehead atoms. The molecule has 0 unspecified atom stereocenters. The lowest BCUT2D eigenvalue weighted by atomic mass is 10.0. The van der Waals surface area contributed by atoms with E-state index < -0.39 is 0 Å². The topological polar surface area (TPSA) is 27.0 Å². The van der Waals surface area contributed by atoms with Crippen LogP contribution in [0.4, 0.5) is 0 Å². The molecule has 2 rings (SSSR count). The molecule has 1 aromatic carbocycles. The third-order valence-corrected chi connectivity index (χ3v) is 3.83. The van der Waals surface area contributed by atoms with Crippen molar-refractivity contribution >= 4 is 0 Å². The molecule has 2 heteroatoms. The number of nitriles is 1. The van der Waals surface area contributed by atoms with Crippen LogP contribution in [0.5, 0.6) is 0 Å². The minimum absolute atomic E-state index is 0.601. The van der Waals surface area contributed by atoms with E-state index in [1.54, 1.807) is 0 Å². The van der Waals surface area contributed by atoms with Crippen LogP contribution >= 0.6 is 0 Å². The third-order valence-electron chi connectivity index (χ3n) is 3.83. The maximum Gasteiger partial charge on any atom is 0.0622 e. The Morgan fingerprint density at radius 1 is 1.26 bits per heavy atom. The molecule has 0 N–H and O–H groups in total. The van der Waals surface area contributed by atoms with Gasteiger partial charge in [-0.25, -0.2) is 0 Å². The lowest BCUT2D eigenvalue weighted by Crippen LogP contribution is -2.26. The van der Waals surface area contributed by atoms with Crippen LogP contribution < -0.4 is 0 Å². The van der Waals surface area contributed by atoms with Crippen LogP contribution in [0.25, 0.3) is 0 Å². The van der Waals surface area contributed by atoms with Crippen LogP contribution in [0, 0.1) is 11.3 Å². The summed E-state index contributed by atoms with van der Waals surface area (Å²) >= 11 is 0. The zero-order chi connectivity index (χ0) is 13.7. The van der Waals surface area contributed by atoms with Gasteiger partial charge in [-0.2, -0.15) is 5.26 Å². The van der Waals surface area contributed by atoms with Crippen molar-refractivity contribution in [3.63, 3.8) is 0 Å².